The minimum absolute atomic E-state index is 0. The van der Waals surface area contributed by atoms with E-state index in [0.717, 1.165) is 38.3 Å². The quantitative estimate of drug-likeness (QED) is 0.312. The van der Waals surface area contributed by atoms with Crippen molar-refractivity contribution < 1.29 is 4.79 Å². The molecule has 1 aliphatic heterocycles. The van der Waals surface area contributed by atoms with Crippen molar-refractivity contribution in [3.8, 4) is 0 Å². The molecule has 0 unspecified atom stereocenters. The van der Waals surface area contributed by atoms with Crippen molar-refractivity contribution in [2.75, 3.05) is 33.7 Å². The van der Waals surface area contributed by atoms with Crippen molar-refractivity contribution in [3.63, 3.8) is 0 Å². The molecule has 1 fully saturated rings. The number of carbonyl (C=O) groups is 1. The SMILES string of the molecule is CN(C)C(=O)CNC(=NCc1ncnn1C)NC1CCN(Cc2ccccc2)CC1.I. The number of piperidine rings is 1. The standard InChI is InChI=1S/C21H32N8O.HI/c1-27(2)20(30)14-23-21(22-13-19-24-16-25-28(19)3)26-18-9-11-29(12-10-18)15-17-7-5-4-6-8-17;/h4-8,16,18H,9-15H2,1-3H3,(H2,22,23,26);1H. The van der Waals surface area contributed by atoms with E-state index in [9.17, 15) is 4.79 Å². The summed E-state index contributed by atoms with van der Waals surface area (Å²) in [5, 5.41) is 10.7. The van der Waals surface area contributed by atoms with Crippen LogP contribution in [0.5, 0.6) is 0 Å². The Hall–Kier alpha value is -2.21. The summed E-state index contributed by atoms with van der Waals surface area (Å²) < 4.78 is 1.70. The van der Waals surface area contributed by atoms with Crippen molar-refractivity contribution in [2.45, 2.75) is 32.0 Å². The lowest BCUT2D eigenvalue weighted by Gasteiger charge is -2.33. The molecule has 2 heterocycles. The molecule has 0 spiro atoms. The Morgan fingerprint density at radius 2 is 1.94 bits per heavy atom. The van der Waals surface area contributed by atoms with Gasteiger partial charge in [0.1, 0.15) is 18.7 Å². The number of benzene rings is 1. The van der Waals surface area contributed by atoms with Gasteiger partial charge in [0, 0.05) is 46.8 Å². The van der Waals surface area contributed by atoms with E-state index in [-0.39, 0.29) is 36.4 Å². The summed E-state index contributed by atoms with van der Waals surface area (Å²) >= 11 is 0. The second-order valence-electron chi connectivity index (χ2n) is 7.79. The van der Waals surface area contributed by atoms with Gasteiger partial charge in [0.05, 0.1) is 6.54 Å². The number of nitrogens with zero attached hydrogens (tertiary/aromatic N) is 6. The lowest BCUT2D eigenvalue weighted by molar-refractivity contribution is -0.127. The second kappa shape index (κ2) is 12.6. The predicted molar refractivity (Wildman–Crippen MR) is 132 cm³/mol. The van der Waals surface area contributed by atoms with Crippen molar-refractivity contribution in [2.24, 2.45) is 12.0 Å². The fourth-order valence-corrected chi connectivity index (χ4v) is 3.35. The highest BCUT2D eigenvalue weighted by atomic mass is 127. The van der Waals surface area contributed by atoms with Crippen LogP contribution in [0, 0.1) is 0 Å². The van der Waals surface area contributed by atoms with Crippen LogP contribution in [0.2, 0.25) is 0 Å². The van der Waals surface area contributed by atoms with Crippen LogP contribution in [0.4, 0.5) is 0 Å². The molecule has 0 radical (unpaired) electrons. The van der Waals surface area contributed by atoms with Crippen LogP contribution in [-0.4, -0.2) is 76.2 Å². The average molecular weight is 540 g/mol. The fraction of sp³-hybridized carbons (Fsp3) is 0.524. The topological polar surface area (TPSA) is 90.7 Å². The van der Waals surface area contributed by atoms with Crippen molar-refractivity contribution in [1.29, 1.82) is 0 Å². The zero-order chi connectivity index (χ0) is 21.3. The molecule has 3 rings (SSSR count). The monoisotopic (exact) mass is 540 g/mol. The van der Waals surface area contributed by atoms with Gasteiger partial charge in [-0.2, -0.15) is 5.10 Å². The van der Waals surface area contributed by atoms with E-state index in [1.165, 1.54) is 11.9 Å². The highest BCUT2D eigenvalue weighted by molar-refractivity contribution is 14.0. The van der Waals surface area contributed by atoms with E-state index in [1.807, 2.05) is 7.05 Å². The van der Waals surface area contributed by atoms with Crippen LogP contribution < -0.4 is 10.6 Å². The zero-order valence-electron chi connectivity index (χ0n) is 18.5. The highest BCUT2D eigenvalue weighted by Crippen LogP contribution is 2.14. The Morgan fingerprint density at radius 1 is 1.23 bits per heavy atom. The smallest absolute Gasteiger partial charge is 0.241 e. The number of carbonyl (C=O) groups excluding carboxylic acids is 1. The largest absolute Gasteiger partial charge is 0.354 e. The third kappa shape index (κ3) is 8.09. The summed E-state index contributed by atoms with van der Waals surface area (Å²) in [4.78, 5) is 24.9. The van der Waals surface area contributed by atoms with E-state index >= 15 is 0 Å². The predicted octanol–water partition coefficient (Wildman–Crippen LogP) is 1.22. The highest BCUT2D eigenvalue weighted by Gasteiger charge is 2.20. The number of amides is 1. The third-order valence-corrected chi connectivity index (χ3v) is 5.27. The van der Waals surface area contributed by atoms with Gasteiger partial charge in [-0.15, -0.1) is 24.0 Å². The number of halogens is 1. The van der Waals surface area contributed by atoms with Gasteiger partial charge in [-0.05, 0) is 18.4 Å². The maximum Gasteiger partial charge on any atom is 0.241 e. The fourth-order valence-electron chi connectivity index (χ4n) is 3.35. The molecule has 2 aromatic rings. The van der Waals surface area contributed by atoms with Crippen molar-refractivity contribution in [3.05, 3.63) is 48.0 Å². The normalized spacial score (nSPS) is 15.3. The van der Waals surface area contributed by atoms with Gasteiger partial charge in [0.25, 0.3) is 0 Å². The molecule has 10 heteroatoms. The number of rotatable bonds is 7. The van der Waals surface area contributed by atoms with Crippen LogP contribution in [0.25, 0.3) is 0 Å². The molecule has 31 heavy (non-hydrogen) atoms. The summed E-state index contributed by atoms with van der Waals surface area (Å²) in [7, 11) is 5.34. The molecule has 1 aliphatic rings. The summed E-state index contributed by atoms with van der Waals surface area (Å²) in [5.74, 6) is 1.41. The van der Waals surface area contributed by atoms with Crippen molar-refractivity contribution >= 4 is 35.8 Å². The van der Waals surface area contributed by atoms with E-state index in [4.69, 9.17) is 0 Å². The molecular formula is C21H33IN8O. The van der Waals surface area contributed by atoms with Gasteiger partial charge in [-0.25, -0.2) is 9.98 Å². The average Bonchev–Trinajstić information content (AvgIpc) is 3.16. The van der Waals surface area contributed by atoms with E-state index in [0.29, 0.717) is 18.5 Å². The molecule has 9 nitrogen and oxygen atoms in total. The Balaban J connectivity index is 0.00000341. The number of hydrogen-bond donors (Lipinski definition) is 2. The van der Waals surface area contributed by atoms with E-state index < -0.39 is 0 Å². The maximum atomic E-state index is 12.0. The second-order valence-corrected chi connectivity index (χ2v) is 7.79. The first kappa shape index (κ1) is 25.1. The number of guanidine groups is 1. The number of likely N-dealkylation sites (N-methyl/N-ethyl adjacent to an activating group) is 1. The molecule has 0 bridgehead atoms. The van der Waals surface area contributed by atoms with E-state index in [1.54, 1.807) is 23.7 Å². The molecule has 1 aromatic carbocycles. The first-order valence-electron chi connectivity index (χ1n) is 10.4. The van der Waals surface area contributed by atoms with Gasteiger partial charge in [0.2, 0.25) is 5.91 Å². The van der Waals surface area contributed by atoms with Crippen molar-refractivity contribution in [1.82, 2.24) is 35.2 Å². The Bertz CT molecular complexity index is 831. The molecule has 1 saturated heterocycles. The first-order chi connectivity index (χ1) is 14.5. The first-order valence-corrected chi connectivity index (χ1v) is 10.4. The van der Waals surface area contributed by atoms with Gasteiger partial charge in [0.15, 0.2) is 5.96 Å². The molecule has 2 N–H and O–H groups in total. The lowest BCUT2D eigenvalue weighted by atomic mass is 10.0. The van der Waals surface area contributed by atoms with E-state index in [2.05, 4.69) is 60.9 Å². The summed E-state index contributed by atoms with van der Waals surface area (Å²) in [5.41, 5.74) is 1.35. The summed E-state index contributed by atoms with van der Waals surface area (Å²) in [6.45, 7) is 3.63. The Kier molecular flexibility index (Phi) is 10.2. The third-order valence-electron chi connectivity index (χ3n) is 5.27. The van der Waals surface area contributed by atoms with Gasteiger partial charge >= 0.3 is 0 Å². The Labute approximate surface area is 201 Å². The number of likely N-dealkylation sites (tertiary alicyclic amines) is 1. The minimum Gasteiger partial charge on any atom is -0.354 e. The molecular weight excluding hydrogens is 507 g/mol. The Morgan fingerprint density at radius 3 is 2.55 bits per heavy atom. The number of aryl methyl sites for hydroxylation is 1. The van der Waals surface area contributed by atoms with Crippen LogP contribution in [0.15, 0.2) is 41.7 Å². The van der Waals surface area contributed by atoms with Crippen LogP contribution in [0.1, 0.15) is 24.2 Å². The number of nitrogens with one attached hydrogen (secondary N) is 2. The zero-order valence-corrected chi connectivity index (χ0v) is 20.8. The maximum absolute atomic E-state index is 12.0. The van der Waals surface area contributed by atoms with Gasteiger partial charge < -0.3 is 15.5 Å². The lowest BCUT2D eigenvalue weighted by Crippen LogP contribution is -2.50. The van der Waals surface area contributed by atoms with Gasteiger partial charge in [-0.1, -0.05) is 30.3 Å². The minimum atomic E-state index is 0. The number of aromatic nitrogens is 3. The number of hydrogen-bond acceptors (Lipinski definition) is 5. The molecule has 0 saturated carbocycles. The molecule has 0 aliphatic carbocycles. The van der Waals surface area contributed by atoms with Crippen LogP contribution in [-0.2, 0) is 24.9 Å². The number of aliphatic imine (C=N–C) groups is 1. The summed E-state index contributed by atoms with van der Waals surface area (Å²) in [6, 6.07) is 10.9. The van der Waals surface area contributed by atoms with Gasteiger partial charge in [-0.3, -0.25) is 14.4 Å². The van der Waals surface area contributed by atoms with Crippen LogP contribution >= 0.6 is 24.0 Å². The van der Waals surface area contributed by atoms with Crippen LogP contribution in [0.3, 0.4) is 0 Å². The molecule has 1 aromatic heterocycles. The summed E-state index contributed by atoms with van der Waals surface area (Å²) in [6.07, 6.45) is 3.57. The molecule has 1 amide bonds. The molecule has 170 valence electrons. The molecule has 0 atom stereocenters.